The van der Waals surface area contributed by atoms with E-state index < -0.39 is 11.4 Å². The monoisotopic (exact) mass is 504 g/mol. The topological polar surface area (TPSA) is 107 Å². The van der Waals surface area contributed by atoms with E-state index in [0.717, 1.165) is 5.56 Å². The summed E-state index contributed by atoms with van der Waals surface area (Å²) in [7, 11) is 1.47. The molecule has 0 spiro atoms. The number of benzene rings is 2. The number of nitrogens with zero attached hydrogens (tertiary/aromatic N) is 3. The van der Waals surface area contributed by atoms with Crippen LogP contribution in [0.3, 0.4) is 0 Å². The molecule has 0 unspecified atom stereocenters. The molecule has 1 fully saturated rings. The number of Topliss-reactive ketones (excluding diaryl/α,β-unsaturated/α-hetero) is 1. The number of aryl methyl sites for hydroxylation is 1. The Balaban J connectivity index is 1.54. The molecule has 0 amide bonds. The Morgan fingerprint density at radius 3 is 2.68 bits per heavy atom. The summed E-state index contributed by atoms with van der Waals surface area (Å²) < 4.78 is 30.0. The zero-order valence-electron chi connectivity index (χ0n) is 20.6. The normalized spacial score (nSPS) is 13.6. The molecular formula is C27H25FN4O5. The van der Waals surface area contributed by atoms with E-state index in [4.69, 9.17) is 13.9 Å². The number of morpholine rings is 1. The summed E-state index contributed by atoms with van der Waals surface area (Å²) in [5.74, 6) is -0.108. The van der Waals surface area contributed by atoms with Crippen LogP contribution in [0.4, 0.5) is 21.7 Å². The number of hydrogen-bond donors (Lipinski definition) is 1. The molecule has 10 heteroatoms. The van der Waals surface area contributed by atoms with Crippen molar-refractivity contribution in [2.45, 2.75) is 13.8 Å². The summed E-state index contributed by atoms with van der Waals surface area (Å²) >= 11 is 0. The fraction of sp³-hybridized carbons (Fsp3) is 0.259. The van der Waals surface area contributed by atoms with Crippen LogP contribution in [0, 0.1) is 12.7 Å². The van der Waals surface area contributed by atoms with E-state index in [0.29, 0.717) is 71.6 Å². The first-order chi connectivity index (χ1) is 17.9. The third-order valence-corrected chi connectivity index (χ3v) is 6.21. The fourth-order valence-corrected chi connectivity index (χ4v) is 4.45. The average Bonchev–Trinajstić information content (AvgIpc) is 2.89. The van der Waals surface area contributed by atoms with Crippen LogP contribution in [-0.4, -0.2) is 49.2 Å². The summed E-state index contributed by atoms with van der Waals surface area (Å²) in [5, 5.41) is 3.79. The highest BCUT2D eigenvalue weighted by Gasteiger charge is 2.24. The van der Waals surface area contributed by atoms with Crippen molar-refractivity contribution in [1.29, 1.82) is 0 Å². The number of ether oxygens (including phenoxy) is 2. The molecule has 190 valence electrons. The highest BCUT2D eigenvalue weighted by molar-refractivity contribution is 6.07. The molecule has 5 rings (SSSR count). The zero-order valence-corrected chi connectivity index (χ0v) is 20.6. The van der Waals surface area contributed by atoms with Crippen LogP contribution in [-0.2, 0) is 4.74 Å². The summed E-state index contributed by atoms with van der Waals surface area (Å²) in [6, 6.07) is 9.53. The van der Waals surface area contributed by atoms with Crippen LogP contribution in [0.15, 0.2) is 51.8 Å². The van der Waals surface area contributed by atoms with Gasteiger partial charge >= 0.3 is 5.63 Å². The van der Waals surface area contributed by atoms with Crippen LogP contribution >= 0.6 is 0 Å². The van der Waals surface area contributed by atoms with Gasteiger partial charge in [-0.25, -0.2) is 19.2 Å². The summed E-state index contributed by atoms with van der Waals surface area (Å²) in [6.07, 6.45) is 1.66. The van der Waals surface area contributed by atoms with Crippen molar-refractivity contribution in [2.24, 2.45) is 0 Å². The first-order valence-electron chi connectivity index (χ1n) is 11.7. The van der Waals surface area contributed by atoms with Crippen LogP contribution < -0.4 is 20.6 Å². The Morgan fingerprint density at radius 1 is 1.16 bits per heavy atom. The van der Waals surface area contributed by atoms with Crippen molar-refractivity contribution in [2.75, 3.05) is 43.6 Å². The smallest absolute Gasteiger partial charge is 0.349 e. The van der Waals surface area contributed by atoms with Gasteiger partial charge in [-0.1, -0.05) is 0 Å². The lowest BCUT2D eigenvalue weighted by molar-refractivity contribution is 0.101. The Hall–Kier alpha value is -4.31. The Morgan fingerprint density at radius 2 is 1.95 bits per heavy atom. The molecule has 1 aliphatic heterocycles. The van der Waals surface area contributed by atoms with Crippen molar-refractivity contribution >= 4 is 34.1 Å². The molecule has 2 aromatic carbocycles. The van der Waals surface area contributed by atoms with Gasteiger partial charge in [-0.3, -0.25) is 4.79 Å². The Labute approximate surface area is 211 Å². The molecule has 0 saturated carbocycles. The first kappa shape index (κ1) is 24.4. The van der Waals surface area contributed by atoms with Crippen molar-refractivity contribution < 1.29 is 23.1 Å². The van der Waals surface area contributed by atoms with E-state index in [2.05, 4.69) is 15.3 Å². The summed E-state index contributed by atoms with van der Waals surface area (Å²) in [5.41, 5.74) is 2.82. The standard InChI is InChI=1S/C27H25FN4O5/c1-15-14-29-27(31-24(15)19-6-4-17(28)12-21(19)35-3)30-18-5-7-20-22(13-18)37-26(34)23(16(2)33)25(20)32-8-10-36-11-9-32/h4-7,12-14H,8-11H2,1-3H3,(H,29,30,31). The second-order valence-electron chi connectivity index (χ2n) is 8.67. The lowest BCUT2D eigenvalue weighted by atomic mass is 10.1. The lowest BCUT2D eigenvalue weighted by Crippen LogP contribution is -2.38. The van der Waals surface area contributed by atoms with Gasteiger partial charge in [0.15, 0.2) is 5.78 Å². The van der Waals surface area contributed by atoms with Crippen LogP contribution in [0.25, 0.3) is 22.2 Å². The van der Waals surface area contributed by atoms with Crippen molar-refractivity contribution in [3.8, 4) is 17.0 Å². The first-order valence-corrected chi connectivity index (χ1v) is 11.7. The van der Waals surface area contributed by atoms with Gasteiger partial charge in [0.05, 0.1) is 31.7 Å². The number of nitrogens with one attached hydrogen (secondary N) is 1. The quantitative estimate of drug-likeness (QED) is 0.300. The zero-order chi connectivity index (χ0) is 26.1. The predicted octanol–water partition coefficient (Wildman–Crippen LogP) is 4.49. The Bertz CT molecular complexity index is 1560. The van der Waals surface area contributed by atoms with Crippen LogP contribution in [0.1, 0.15) is 22.8 Å². The maximum Gasteiger partial charge on any atom is 0.349 e. The molecule has 4 aromatic rings. The largest absolute Gasteiger partial charge is 0.496 e. The molecule has 0 aliphatic carbocycles. The van der Waals surface area contributed by atoms with Gasteiger partial charge in [-0.2, -0.15) is 0 Å². The molecule has 2 aromatic heterocycles. The highest BCUT2D eigenvalue weighted by Crippen LogP contribution is 2.34. The lowest BCUT2D eigenvalue weighted by Gasteiger charge is -2.30. The molecule has 0 atom stereocenters. The molecule has 0 radical (unpaired) electrons. The second kappa shape index (κ2) is 9.98. The number of carbonyl (C=O) groups excluding carboxylic acids is 1. The molecule has 1 N–H and O–H groups in total. The molecular weight excluding hydrogens is 479 g/mol. The maximum absolute atomic E-state index is 13.7. The molecule has 9 nitrogen and oxygen atoms in total. The van der Waals surface area contributed by atoms with E-state index in [1.165, 1.54) is 26.2 Å². The van der Waals surface area contributed by atoms with Gasteiger partial charge in [0.1, 0.15) is 22.7 Å². The fourth-order valence-electron chi connectivity index (χ4n) is 4.45. The van der Waals surface area contributed by atoms with Crippen molar-refractivity contribution in [3.05, 3.63) is 70.0 Å². The minimum atomic E-state index is -0.684. The number of fused-ring (bicyclic) bond motifs is 1. The third kappa shape index (κ3) is 4.75. The minimum Gasteiger partial charge on any atom is -0.496 e. The van der Waals surface area contributed by atoms with Crippen molar-refractivity contribution in [1.82, 2.24) is 9.97 Å². The van der Waals surface area contributed by atoms with Gasteiger partial charge in [-0.15, -0.1) is 0 Å². The average molecular weight is 505 g/mol. The molecule has 1 saturated heterocycles. The third-order valence-electron chi connectivity index (χ3n) is 6.21. The van der Waals surface area contributed by atoms with E-state index >= 15 is 0 Å². The molecule has 3 heterocycles. The minimum absolute atomic E-state index is 0.0369. The van der Waals surface area contributed by atoms with E-state index in [-0.39, 0.29) is 11.3 Å². The van der Waals surface area contributed by atoms with Gasteiger partial charge in [0, 0.05) is 48.1 Å². The van der Waals surface area contributed by atoms with Crippen molar-refractivity contribution in [3.63, 3.8) is 0 Å². The van der Waals surface area contributed by atoms with Gasteiger partial charge in [-0.05, 0) is 43.7 Å². The van der Waals surface area contributed by atoms with Gasteiger partial charge in [0.2, 0.25) is 5.95 Å². The predicted molar refractivity (Wildman–Crippen MR) is 138 cm³/mol. The van der Waals surface area contributed by atoms with E-state index in [9.17, 15) is 14.0 Å². The number of hydrogen-bond acceptors (Lipinski definition) is 9. The number of methoxy groups -OCH3 is 1. The second-order valence-corrected chi connectivity index (χ2v) is 8.67. The SMILES string of the molecule is COc1cc(F)ccc1-c1nc(Nc2ccc3c(N4CCOCC4)c(C(C)=O)c(=O)oc3c2)ncc1C. The highest BCUT2D eigenvalue weighted by atomic mass is 19.1. The number of anilines is 3. The van der Waals surface area contributed by atoms with Crippen LogP contribution in [0.2, 0.25) is 0 Å². The maximum atomic E-state index is 13.7. The number of aromatic nitrogens is 2. The molecule has 37 heavy (non-hydrogen) atoms. The van der Waals surface area contributed by atoms with Gasteiger partial charge < -0.3 is 24.1 Å². The van der Waals surface area contributed by atoms with Crippen LogP contribution in [0.5, 0.6) is 5.75 Å². The Kier molecular flexibility index (Phi) is 6.58. The molecule has 0 bridgehead atoms. The number of rotatable bonds is 6. The van der Waals surface area contributed by atoms with E-state index in [1.807, 2.05) is 11.8 Å². The number of ketones is 1. The summed E-state index contributed by atoms with van der Waals surface area (Å²) in [4.78, 5) is 36.1. The van der Waals surface area contributed by atoms with Gasteiger partial charge in [0.25, 0.3) is 0 Å². The van der Waals surface area contributed by atoms with E-state index in [1.54, 1.807) is 30.5 Å². The summed E-state index contributed by atoms with van der Waals surface area (Å²) in [6.45, 7) is 5.35. The number of carbonyl (C=O) groups is 1. The number of halogens is 1. The molecule has 1 aliphatic rings.